The number of alkyl halides is 3. The molecule has 1 aromatic carbocycles. The third kappa shape index (κ3) is 3.17. The number of aliphatic hydroxyl groups excluding tert-OH is 1. The van der Waals surface area contributed by atoms with Crippen molar-refractivity contribution in [2.45, 2.75) is 31.6 Å². The predicted molar refractivity (Wildman–Crippen MR) is 76.6 cm³/mol. The number of hydrogen-bond donors (Lipinski definition) is 1. The first kappa shape index (κ1) is 15.8. The van der Waals surface area contributed by atoms with Crippen LogP contribution < -0.4 is 0 Å². The number of carbonyl (C=O) groups is 1. The Bertz CT molecular complexity index is 722. The molecule has 0 unspecified atom stereocenters. The molecule has 1 aromatic heterocycles. The van der Waals surface area contributed by atoms with Crippen LogP contribution in [0.25, 0.3) is 11.0 Å². The fourth-order valence-corrected chi connectivity index (χ4v) is 2.68. The van der Waals surface area contributed by atoms with Crippen LogP contribution in [0, 0.1) is 0 Å². The van der Waals surface area contributed by atoms with Gasteiger partial charge in [-0.15, -0.1) is 0 Å². The van der Waals surface area contributed by atoms with E-state index in [-0.39, 0.29) is 30.2 Å². The average Bonchev–Trinajstić information content (AvgIpc) is 3.26. The first-order valence-electron chi connectivity index (χ1n) is 7.34. The third-order valence-electron chi connectivity index (χ3n) is 3.85. The maximum absolute atomic E-state index is 13.2. The van der Waals surface area contributed by atoms with Gasteiger partial charge in [-0.25, -0.2) is 4.98 Å². The predicted octanol–water partition coefficient (Wildman–Crippen LogP) is 2.04. The molecule has 124 valence electrons. The van der Waals surface area contributed by atoms with E-state index in [2.05, 4.69) is 4.98 Å². The highest BCUT2D eigenvalue weighted by Gasteiger charge is 2.39. The molecule has 3 rings (SSSR count). The number of benzene rings is 1. The van der Waals surface area contributed by atoms with E-state index in [0.717, 1.165) is 17.4 Å². The van der Waals surface area contributed by atoms with Crippen molar-refractivity contribution in [3.05, 3.63) is 30.1 Å². The molecule has 1 amide bonds. The molecule has 8 heteroatoms. The standard InChI is InChI=1S/C15H16F3N3O2/c16-15(17,18)14-19-11-3-1-2-4-12(11)21(14)9-13(23)20(7-8-22)10-5-6-10/h1-4,10,22H,5-9H2. The summed E-state index contributed by atoms with van der Waals surface area (Å²) in [5, 5.41) is 9.05. The lowest BCUT2D eigenvalue weighted by Gasteiger charge is -2.22. The highest BCUT2D eigenvalue weighted by molar-refractivity contribution is 5.81. The zero-order valence-electron chi connectivity index (χ0n) is 12.3. The van der Waals surface area contributed by atoms with Gasteiger partial charge in [0.15, 0.2) is 0 Å². The number of hydrogen-bond acceptors (Lipinski definition) is 3. The molecule has 1 heterocycles. The van der Waals surface area contributed by atoms with Crippen LogP contribution in [-0.2, 0) is 17.5 Å². The van der Waals surface area contributed by atoms with Gasteiger partial charge in [-0.2, -0.15) is 13.2 Å². The van der Waals surface area contributed by atoms with E-state index in [9.17, 15) is 18.0 Å². The molecule has 1 aliphatic rings. The molecule has 0 radical (unpaired) electrons. The summed E-state index contributed by atoms with van der Waals surface area (Å²) in [6, 6.07) is 6.23. The summed E-state index contributed by atoms with van der Waals surface area (Å²) in [6.45, 7) is -0.512. The Morgan fingerprint density at radius 2 is 2.04 bits per heavy atom. The van der Waals surface area contributed by atoms with Crippen LogP contribution in [0.4, 0.5) is 13.2 Å². The van der Waals surface area contributed by atoms with Crippen molar-refractivity contribution in [3.63, 3.8) is 0 Å². The number of para-hydroxylation sites is 2. The molecule has 1 saturated carbocycles. The molecule has 2 aromatic rings. The Morgan fingerprint density at radius 3 is 2.65 bits per heavy atom. The number of halogens is 3. The van der Waals surface area contributed by atoms with E-state index in [1.807, 2.05) is 0 Å². The number of aliphatic hydroxyl groups is 1. The summed E-state index contributed by atoms with van der Waals surface area (Å²) in [4.78, 5) is 17.5. The second-order valence-electron chi connectivity index (χ2n) is 5.55. The van der Waals surface area contributed by atoms with Crippen molar-refractivity contribution in [2.75, 3.05) is 13.2 Å². The lowest BCUT2D eigenvalue weighted by atomic mass is 10.3. The smallest absolute Gasteiger partial charge is 0.395 e. The molecule has 1 fully saturated rings. The van der Waals surface area contributed by atoms with Crippen LogP contribution in [0.2, 0.25) is 0 Å². The van der Waals surface area contributed by atoms with Gasteiger partial charge >= 0.3 is 6.18 Å². The molecule has 23 heavy (non-hydrogen) atoms. The van der Waals surface area contributed by atoms with Gasteiger partial charge in [-0.05, 0) is 25.0 Å². The molecule has 5 nitrogen and oxygen atoms in total. The van der Waals surface area contributed by atoms with Crippen LogP contribution in [0.5, 0.6) is 0 Å². The van der Waals surface area contributed by atoms with Gasteiger partial charge in [0.05, 0.1) is 17.6 Å². The highest BCUT2D eigenvalue weighted by Crippen LogP contribution is 2.32. The third-order valence-corrected chi connectivity index (χ3v) is 3.85. The van der Waals surface area contributed by atoms with E-state index >= 15 is 0 Å². The Hall–Kier alpha value is -2.09. The van der Waals surface area contributed by atoms with Crippen molar-refractivity contribution >= 4 is 16.9 Å². The van der Waals surface area contributed by atoms with E-state index < -0.39 is 24.5 Å². The van der Waals surface area contributed by atoms with Crippen LogP contribution in [0.15, 0.2) is 24.3 Å². The quantitative estimate of drug-likeness (QED) is 0.914. The number of rotatable bonds is 5. The monoisotopic (exact) mass is 327 g/mol. The Kier molecular flexibility index (Phi) is 4.01. The number of nitrogens with zero attached hydrogens (tertiary/aromatic N) is 3. The van der Waals surface area contributed by atoms with Gasteiger partial charge in [0.1, 0.15) is 6.54 Å². The second kappa shape index (κ2) is 5.84. The molecule has 0 aliphatic heterocycles. The highest BCUT2D eigenvalue weighted by atomic mass is 19.4. The van der Waals surface area contributed by atoms with Gasteiger partial charge in [0.2, 0.25) is 11.7 Å². The van der Waals surface area contributed by atoms with Crippen LogP contribution in [0.3, 0.4) is 0 Å². The molecule has 1 aliphatic carbocycles. The molecule has 0 saturated heterocycles. The topological polar surface area (TPSA) is 58.4 Å². The number of imidazole rings is 1. The zero-order chi connectivity index (χ0) is 16.6. The van der Waals surface area contributed by atoms with Crippen molar-refractivity contribution in [1.82, 2.24) is 14.5 Å². The SMILES string of the molecule is O=C(Cn1c(C(F)(F)F)nc2ccccc21)N(CCO)C1CC1. The largest absolute Gasteiger partial charge is 0.449 e. The van der Waals surface area contributed by atoms with Crippen molar-refractivity contribution in [3.8, 4) is 0 Å². The van der Waals surface area contributed by atoms with E-state index in [4.69, 9.17) is 5.11 Å². The summed E-state index contributed by atoms with van der Waals surface area (Å²) >= 11 is 0. The molecular formula is C15H16F3N3O2. The summed E-state index contributed by atoms with van der Waals surface area (Å²) in [6.07, 6.45) is -2.99. The molecular weight excluding hydrogens is 311 g/mol. The van der Waals surface area contributed by atoms with Gasteiger partial charge in [-0.1, -0.05) is 12.1 Å². The summed E-state index contributed by atoms with van der Waals surface area (Å²) < 4.78 is 40.5. The normalized spacial score (nSPS) is 15.1. The second-order valence-corrected chi connectivity index (χ2v) is 5.55. The van der Waals surface area contributed by atoms with Gasteiger partial charge in [-0.3, -0.25) is 4.79 Å². The first-order chi connectivity index (χ1) is 10.9. The van der Waals surface area contributed by atoms with Gasteiger partial charge in [0.25, 0.3) is 0 Å². The number of aromatic nitrogens is 2. The first-order valence-corrected chi connectivity index (χ1v) is 7.34. The zero-order valence-corrected chi connectivity index (χ0v) is 12.3. The number of carbonyl (C=O) groups excluding carboxylic acids is 1. The molecule has 0 bridgehead atoms. The minimum absolute atomic E-state index is 0.0266. The fourth-order valence-electron chi connectivity index (χ4n) is 2.68. The molecule has 0 spiro atoms. The van der Waals surface area contributed by atoms with E-state index in [0.29, 0.717) is 0 Å². The van der Waals surface area contributed by atoms with Crippen molar-refractivity contribution in [2.24, 2.45) is 0 Å². The van der Waals surface area contributed by atoms with E-state index in [1.54, 1.807) is 12.1 Å². The fraction of sp³-hybridized carbons (Fsp3) is 0.467. The van der Waals surface area contributed by atoms with Gasteiger partial charge < -0.3 is 14.6 Å². The van der Waals surface area contributed by atoms with Gasteiger partial charge in [0, 0.05) is 12.6 Å². The molecule has 0 atom stereocenters. The molecule has 1 N–H and O–H groups in total. The summed E-state index contributed by atoms with van der Waals surface area (Å²) in [5.74, 6) is -1.51. The van der Waals surface area contributed by atoms with Crippen molar-refractivity contribution < 1.29 is 23.1 Å². The Balaban J connectivity index is 1.96. The maximum atomic E-state index is 13.2. The summed E-state index contributed by atoms with van der Waals surface area (Å²) in [5.41, 5.74) is 0.473. The lowest BCUT2D eigenvalue weighted by Crippen LogP contribution is -2.38. The number of amides is 1. The lowest BCUT2D eigenvalue weighted by molar-refractivity contribution is -0.148. The Morgan fingerprint density at radius 1 is 1.35 bits per heavy atom. The van der Waals surface area contributed by atoms with Crippen LogP contribution in [-0.4, -0.2) is 44.7 Å². The van der Waals surface area contributed by atoms with Crippen LogP contribution >= 0.6 is 0 Å². The maximum Gasteiger partial charge on any atom is 0.449 e. The average molecular weight is 327 g/mol. The van der Waals surface area contributed by atoms with Crippen molar-refractivity contribution in [1.29, 1.82) is 0 Å². The number of fused-ring (bicyclic) bond motifs is 1. The minimum Gasteiger partial charge on any atom is -0.395 e. The van der Waals surface area contributed by atoms with E-state index in [1.165, 1.54) is 17.0 Å². The summed E-state index contributed by atoms with van der Waals surface area (Å²) in [7, 11) is 0. The van der Waals surface area contributed by atoms with Crippen LogP contribution in [0.1, 0.15) is 18.7 Å². The minimum atomic E-state index is -4.64. The Labute approximate surface area is 130 Å².